The van der Waals surface area contributed by atoms with Crippen LogP contribution in [0.3, 0.4) is 0 Å². The van der Waals surface area contributed by atoms with Gasteiger partial charge in [0.15, 0.2) is 0 Å². The molecule has 0 aromatic heterocycles. The normalized spacial score (nSPS) is 22.3. The van der Waals surface area contributed by atoms with E-state index in [1.807, 2.05) is 0 Å². The summed E-state index contributed by atoms with van der Waals surface area (Å²) in [7, 11) is 0. The average molecular weight is 306 g/mol. The number of thioether (sulfide) groups is 3. The molecule has 3 nitrogen and oxygen atoms in total. The zero-order valence-electron chi connectivity index (χ0n) is 10.3. The molecule has 0 bridgehead atoms. The molecule has 0 spiro atoms. The first-order valence-corrected chi connectivity index (χ1v) is 9.43. The van der Waals surface area contributed by atoms with Gasteiger partial charge >= 0.3 is 0 Å². The summed E-state index contributed by atoms with van der Waals surface area (Å²) >= 11 is 5.20. The van der Waals surface area contributed by atoms with Crippen LogP contribution in [-0.2, 0) is 14.4 Å². The molecule has 6 heteroatoms. The lowest BCUT2D eigenvalue weighted by Crippen LogP contribution is -1.89. The van der Waals surface area contributed by atoms with E-state index < -0.39 is 0 Å². The molecule has 0 atom stereocenters. The zero-order chi connectivity index (χ0) is 13.2. The van der Waals surface area contributed by atoms with E-state index in [-0.39, 0.29) is 0 Å². The van der Waals surface area contributed by atoms with Crippen LogP contribution in [0.25, 0.3) is 0 Å². The smallest absolute Gasteiger partial charge is 0.143 e. The van der Waals surface area contributed by atoms with Crippen molar-refractivity contribution in [2.24, 2.45) is 0 Å². The SMILES string of the molecule is O=C1CCSC1.O=C1CCSC1.O=C1CCSC1. The average Bonchev–Trinajstić information content (AvgIpc) is 3.05. The second kappa shape index (κ2) is 9.92. The predicted octanol–water partition coefficient (Wildman–Crippen LogP) is 2.08. The van der Waals surface area contributed by atoms with Crippen molar-refractivity contribution in [3.8, 4) is 0 Å². The van der Waals surface area contributed by atoms with Crippen LogP contribution >= 0.6 is 35.3 Å². The van der Waals surface area contributed by atoms with Gasteiger partial charge in [-0.25, -0.2) is 0 Å². The van der Waals surface area contributed by atoms with Gasteiger partial charge in [-0.2, -0.15) is 35.3 Å². The van der Waals surface area contributed by atoms with E-state index in [0.29, 0.717) is 17.3 Å². The number of rotatable bonds is 0. The molecule has 18 heavy (non-hydrogen) atoms. The number of Topliss-reactive ketones (excluding diaryl/α,β-unsaturated/α-hetero) is 3. The monoisotopic (exact) mass is 306 g/mol. The number of carbonyl (C=O) groups is 3. The van der Waals surface area contributed by atoms with Crippen molar-refractivity contribution in [3.05, 3.63) is 0 Å². The van der Waals surface area contributed by atoms with Crippen molar-refractivity contribution in [2.75, 3.05) is 34.5 Å². The van der Waals surface area contributed by atoms with Gasteiger partial charge in [0.05, 0.1) is 17.3 Å². The maximum absolute atomic E-state index is 10.2. The van der Waals surface area contributed by atoms with E-state index in [4.69, 9.17) is 0 Å². The van der Waals surface area contributed by atoms with Gasteiger partial charge in [0, 0.05) is 36.5 Å². The molecule has 0 aromatic carbocycles. The molecule has 3 saturated heterocycles. The van der Waals surface area contributed by atoms with Gasteiger partial charge in [-0.15, -0.1) is 0 Å². The Morgan fingerprint density at radius 2 is 0.833 bits per heavy atom. The number of hydrogen-bond acceptors (Lipinski definition) is 6. The highest BCUT2D eigenvalue weighted by molar-refractivity contribution is 8.00. The Kier molecular flexibility index (Phi) is 8.88. The van der Waals surface area contributed by atoms with Crippen LogP contribution in [0.1, 0.15) is 19.3 Å². The van der Waals surface area contributed by atoms with E-state index >= 15 is 0 Å². The first-order valence-electron chi connectivity index (χ1n) is 5.97. The molecule has 0 unspecified atom stereocenters. The molecule has 0 N–H and O–H groups in total. The molecule has 102 valence electrons. The van der Waals surface area contributed by atoms with Crippen LogP contribution in [0.2, 0.25) is 0 Å². The van der Waals surface area contributed by atoms with Crippen LogP contribution in [0.4, 0.5) is 0 Å². The molecule has 3 aliphatic heterocycles. The quantitative estimate of drug-likeness (QED) is 0.683. The van der Waals surface area contributed by atoms with Gasteiger partial charge in [-0.3, -0.25) is 14.4 Å². The first-order chi connectivity index (χ1) is 8.68. The van der Waals surface area contributed by atoms with Crippen LogP contribution in [-0.4, -0.2) is 51.9 Å². The van der Waals surface area contributed by atoms with Gasteiger partial charge in [0.25, 0.3) is 0 Å². The number of carbonyl (C=O) groups excluding carboxylic acids is 3. The fraction of sp³-hybridized carbons (Fsp3) is 0.750. The van der Waals surface area contributed by atoms with Gasteiger partial charge < -0.3 is 0 Å². The van der Waals surface area contributed by atoms with Crippen molar-refractivity contribution < 1.29 is 14.4 Å². The predicted molar refractivity (Wildman–Crippen MR) is 80.8 cm³/mol. The molecule has 0 aromatic rings. The van der Waals surface area contributed by atoms with E-state index in [1.165, 1.54) is 0 Å². The third kappa shape index (κ3) is 8.21. The second-order valence-electron chi connectivity index (χ2n) is 4.02. The maximum atomic E-state index is 10.2. The molecular formula is C12H18O3S3. The summed E-state index contributed by atoms with van der Waals surface area (Å²) < 4.78 is 0. The second-order valence-corrected chi connectivity index (χ2v) is 7.34. The van der Waals surface area contributed by atoms with Crippen molar-refractivity contribution >= 4 is 52.6 Å². The Labute approximate surface area is 121 Å². The fourth-order valence-electron chi connectivity index (χ4n) is 1.33. The van der Waals surface area contributed by atoms with Crippen LogP contribution in [0.15, 0.2) is 0 Å². The molecule has 3 heterocycles. The topological polar surface area (TPSA) is 51.2 Å². The molecular weight excluding hydrogens is 288 g/mol. The summed E-state index contributed by atoms with van der Waals surface area (Å²) in [6.07, 6.45) is 2.43. The molecule has 0 radical (unpaired) electrons. The van der Waals surface area contributed by atoms with E-state index in [1.54, 1.807) is 35.3 Å². The Morgan fingerprint density at radius 1 is 0.556 bits per heavy atom. The summed E-state index contributed by atoms with van der Waals surface area (Å²) in [5, 5.41) is 0. The largest absolute Gasteiger partial charge is 0.299 e. The minimum atomic E-state index is 0.417. The Morgan fingerprint density at radius 3 is 0.889 bits per heavy atom. The summed E-state index contributed by atoms with van der Waals surface area (Å²) in [4.78, 5) is 30.7. The Balaban J connectivity index is 0.000000135. The van der Waals surface area contributed by atoms with Gasteiger partial charge in [-0.05, 0) is 0 Å². The minimum Gasteiger partial charge on any atom is -0.299 e. The van der Waals surface area contributed by atoms with Crippen molar-refractivity contribution in [1.82, 2.24) is 0 Å². The summed E-state index contributed by atoms with van der Waals surface area (Å²) in [5.41, 5.74) is 0. The van der Waals surface area contributed by atoms with Crippen molar-refractivity contribution in [1.29, 1.82) is 0 Å². The molecule has 0 saturated carbocycles. The molecule has 0 amide bonds. The van der Waals surface area contributed by atoms with Crippen molar-refractivity contribution in [2.45, 2.75) is 19.3 Å². The first kappa shape index (κ1) is 16.1. The lowest BCUT2D eigenvalue weighted by atomic mass is 10.4. The fourth-order valence-corrected chi connectivity index (χ4v) is 4.00. The third-order valence-corrected chi connectivity index (χ3v) is 5.42. The van der Waals surface area contributed by atoms with Gasteiger partial charge in [0.1, 0.15) is 17.3 Å². The zero-order valence-corrected chi connectivity index (χ0v) is 12.8. The number of hydrogen-bond donors (Lipinski definition) is 0. The minimum absolute atomic E-state index is 0.417. The third-order valence-electron chi connectivity index (χ3n) is 2.36. The van der Waals surface area contributed by atoms with Crippen LogP contribution in [0.5, 0.6) is 0 Å². The van der Waals surface area contributed by atoms with Crippen molar-refractivity contribution in [3.63, 3.8) is 0 Å². The molecule has 3 aliphatic rings. The lowest BCUT2D eigenvalue weighted by molar-refractivity contribution is -0.116. The molecule has 3 rings (SSSR count). The Bertz CT molecular complexity index is 233. The highest BCUT2D eigenvalue weighted by Gasteiger charge is 2.08. The Hall–Kier alpha value is 0.0600. The summed E-state index contributed by atoms with van der Waals surface area (Å²) in [5.74, 6) is 6.70. The van der Waals surface area contributed by atoms with Gasteiger partial charge in [0.2, 0.25) is 0 Å². The highest BCUT2D eigenvalue weighted by atomic mass is 32.2. The van der Waals surface area contributed by atoms with E-state index in [9.17, 15) is 14.4 Å². The van der Waals surface area contributed by atoms with E-state index in [2.05, 4.69) is 0 Å². The molecule has 3 fully saturated rings. The lowest BCUT2D eigenvalue weighted by Gasteiger charge is -1.70. The van der Waals surface area contributed by atoms with Crippen LogP contribution < -0.4 is 0 Å². The number of ketones is 3. The standard InChI is InChI=1S/3C4H6OS/c3*5-4-1-2-6-3-4/h3*1-3H2. The highest BCUT2D eigenvalue weighted by Crippen LogP contribution is 2.12. The summed E-state index contributed by atoms with van der Waals surface area (Å²) in [6.45, 7) is 0. The van der Waals surface area contributed by atoms with Crippen LogP contribution in [0, 0.1) is 0 Å². The van der Waals surface area contributed by atoms with E-state index in [0.717, 1.165) is 53.8 Å². The van der Waals surface area contributed by atoms with Gasteiger partial charge in [-0.1, -0.05) is 0 Å². The molecule has 0 aliphatic carbocycles. The summed E-state index contributed by atoms with van der Waals surface area (Å²) in [6, 6.07) is 0. The maximum Gasteiger partial charge on any atom is 0.143 e.